The molecule has 0 saturated carbocycles. The number of carbonyl (C=O) groups excluding carboxylic acids is 9. The molecular formula is C38H63N11O14S. The molecule has 2 saturated heterocycles. The SMILES string of the molecule is NCCCCC(CC(=O)NO)C(=O)N[C@@H](CCC(=O)O)C(=O)N[C@@H](CCC(=O)O)C(=O)NCC(=O)NCC(=O)N[C@@H](CCCCNC(=O)CCCC[C@@H]1SC[C@@H]2NC(=O)N[C@@H]21)C(N)=O. The number of carboxylic acids is 2. The molecule has 25 nitrogen and oxygen atoms in total. The highest BCUT2D eigenvalue weighted by atomic mass is 32.2. The third-order valence-electron chi connectivity index (χ3n) is 10.4. The highest BCUT2D eigenvalue weighted by molar-refractivity contribution is 8.00. The first kappa shape index (κ1) is 54.4. The van der Waals surface area contributed by atoms with E-state index in [-0.39, 0.29) is 43.4 Å². The minimum absolute atomic E-state index is 0.115. The summed E-state index contributed by atoms with van der Waals surface area (Å²) in [7, 11) is 0. The molecule has 0 aliphatic carbocycles. The topological polar surface area (TPSA) is 409 Å². The van der Waals surface area contributed by atoms with Crippen molar-refractivity contribution in [3.8, 4) is 0 Å². The molecule has 2 aliphatic rings. The Labute approximate surface area is 373 Å². The first-order valence-electron chi connectivity index (χ1n) is 21.2. The van der Waals surface area contributed by atoms with Gasteiger partial charge in [0.1, 0.15) is 18.1 Å². The van der Waals surface area contributed by atoms with Crippen LogP contribution in [-0.2, 0) is 47.9 Å². The van der Waals surface area contributed by atoms with Crippen molar-refractivity contribution in [2.24, 2.45) is 17.4 Å². The lowest BCUT2D eigenvalue weighted by molar-refractivity contribution is -0.140. The number of rotatable bonds is 33. The van der Waals surface area contributed by atoms with E-state index < -0.39 is 123 Å². The van der Waals surface area contributed by atoms with Crippen molar-refractivity contribution >= 4 is 77.0 Å². The number of aliphatic carboxylic acids is 2. The fourth-order valence-electron chi connectivity index (χ4n) is 6.89. The molecular weight excluding hydrogens is 867 g/mol. The highest BCUT2D eigenvalue weighted by Crippen LogP contribution is 2.33. The van der Waals surface area contributed by atoms with E-state index in [2.05, 4.69) is 42.5 Å². The number of amides is 10. The normalized spacial score (nSPS) is 18.0. The average molecular weight is 930 g/mol. The average Bonchev–Trinajstić information content (AvgIpc) is 3.80. The van der Waals surface area contributed by atoms with Crippen LogP contribution in [0.4, 0.5) is 4.79 Å². The summed E-state index contributed by atoms with van der Waals surface area (Å²) in [6.45, 7) is -0.744. The molecule has 0 aromatic carbocycles. The van der Waals surface area contributed by atoms with E-state index in [1.165, 1.54) is 5.48 Å². The van der Waals surface area contributed by atoms with Gasteiger partial charge in [-0.15, -0.1) is 0 Å². The van der Waals surface area contributed by atoms with Gasteiger partial charge in [0.25, 0.3) is 0 Å². The first-order chi connectivity index (χ1) is 30.4. The summed E-state index contributed by atoms with van der Waals surface area (Å²) in [5.74, 6) is -9.30. The van der Waals surface area contributed by atoms with Gasteiger partial charge in [0, 0.05) is 49.1 Å². The van der Waals surface area contributed by atoms with Gasteiger partial charge in [0.15, 0.2) is 0 Å². The van der Waals surface area contributed by atoms with Crippen molar-refractivity contribution in [2.45, 2.75) is 132 Å². The van der Waals surface area contributed by atoms with Crippen LogP contribution in [-0.4, -0.2) is 148 Å². The number of carboxylic acid groups (broad SMARTS) is 2. The Hall–Kier alpha value is -5.76. The van der Waals surface area contributed by atoms with Crippen LogP contribution in [0.5, 0.6) is 0 Å². The van der Waals surface area contributed by atoms with Crippen LogP contribution in [0.3, 0.4) is 0 Å². The summed E-state index contributed by atoms with van der Waals surface area (Å²) in [4.78, 5) is 135. The summed E-state index contributed by atoms with van der Waals surface area (Å²) in [6, 6.07) is -4.12. The van der Waals surface area contributed by atoms with Gasteiger partial charge in [-0.25, -0.2) is 10.3 Å². The predicted octanol–water partition coefficient (Wildman–Crippen LogP) is -3.46. The smallest absolute Gasteiger partial charge is 0.315 e. The van der Waals surface area contributed by atoms with Gasteiger partial charge < -0.3 is 64.2 Å². The Balaban J connectivity index is 1.80. The van der Waals surface area contributed by atoms with Gasteiger partial charge in [-0.05, 0) is 64.3 Å². The molecule has 26 heteroatoms. The van der Waals surface area contributed by atoms with Crippen molar-refractivity contribution in [3.05, 3.63) is 0 Å². The van der Waals surface area contributed by atoms with Crippen molar-refractivity contribution in [2.75, 3.05) is 31.9 Å². The van der Waals surface area contributed by atoms with Crippen LogP contribution in [0.1, 0.15) is 96.3 Å². The minimum Gasteiger partial charge on any atom is -0.481 e. The quantitative estimate of drug-likeness (QED) is 0.0132. The summed E-state index contributed by atoms with van der Waals surface area (Å²) >= 11 is 1.81. The second kappa shape index (κ2) is 29.6. The van der Waals surface area contributed by atoms with Crippen LogP contribution in [0.2, 0.25) is 0 Å². The van der Waals surface area contributed by atoms with E-state index in [4.69, 9.17) is 16.7 Å². The largest absolute Gasteiger partial charge is 0.481 e. The second-order valence-electron chi connectivity index (χ2n) is 15.4. The van der Waals surface area contributed by atoms with E-state index in [0.29, 0.717) is 50.3 Å². The lowest BCUT2D eigenvalue weighted by Gasteiger charge is -2.24. The summed E-state index contributed by atoms with van der Waals surface area (Å²) in [6.07, 6.45) is 2.17. The van der Waals surface area contributed by atoms with Crippen molar-refractivity contribution in [1.82, 2.24) is 48.0 Å². The zero-order valence-corrected chi connectivity index (χ0v) is 36.4. The number of hydrogen-bond donors (Lipinski definition) is 14. The molecule has 0 spiro atoms. The van der Waals surface area contributed by atoms with E-state index in [9.17, 15) is 63.0 Å². The third-order valence-corrected chi connectivity index (χ3v) is 11.9. The van der Waals surface area contributed by atoms with E-state index in [1.54, 1.807) is 0 Å². The standard InChI is InChI=1S/C38H63N11O14S/c39-15-5-3-7-21(17-28(51)49-63)35(59)45-24(12-14-32(56)57)37(61)46-23(11-13-31(54)55)36(60)43-18-29(52)42-19-30(53)44-22(34(40)58)8-4-6-16-41-27(50)10-2-1-9-26-33-25(20-64-26)47-38(62)48-33/h21-26,33,63H,1-20,39H2,(H2,40,58)(H,41,50)(H,42,52)(H,43,60)(H,44,53)(H,45,59)(H,46,61)(H,49,51)(H,54,55)(H,56,57)(H2,47,48,62)/t21?,22-,23-,24-,25-,26-,33-/m0/s1. The molecule has 2 rings (SSSR count). The second-order valence-corrected chi connectivity index (χ2v) is 16.7. The fourth-order valence-corrected chi connectivity index (χ4v) is 8.44. The molecule has 360 valence electrons. The lowest BCUT2D eigenvalue weighted by Crippen LogP contribution is -2.55. The van der Waals surface area contributed by atoms with Crippen LogP contribution < -0.4 is 59.5 Å². The summed E-state index contributed by atoms with van der Waals surface area (Å²) < 4.78 is 0. The third kappa shape index (κ3) is 21.5. The Bertz CT molecular complexity index is 1660. The molecule has 10 amide bonds. The van der Waals surface area contributed by atoms with Crippen LogP contribution in [0, 0.1) is 5.92 Å². The number of nitrogens with two attached hydrogens (primary N) is 2. The lowest BCUT2D eigenvalue weighted by atomic mass is 9.96. The number of hydrogen-bond acceptors (Lipinski definition) is 14. The maximum atomic E-state index is 13.3. The van der Waals surface area contributed by atoms with Gasteiger partial charge in [-0.1, -0.05) is 12.8 Å². The molecule has 2 aliphatic heterocycles. The van der Waals surface area contributed by atoms with Crippen LogP contribution in [0.15, 0.2) is 0 Å². The molecule has 64 heavy (non-hydrogen) atoms. The van der Waals surface area contributed by atoms with E-state index >= 15 is 0 Å². The molecule has 0 radical (unpaired) electrons. The number of urea groups is 1. The van der Waals surface area contributed by atoms with Gasteiger partial charge in [-0.2, -0.15) is 11.8 Å². The Morgan fingerprint density at radius 3 is 1.94 bits per heavy atom. The molecule has 16 N–H and O–H groups in total. The molecule has 2 heterocycles. The number of carbonyl (C=O) groups is 11. The maximum absolute atomic E-state index is 13.3. The number of unbranched alkanes of at least 4 members (excludes halogenated alkanes) is 3. The zero-order valence-electron chi connectivity index (χ0n) is 35.6. The van der Waals surface area contributed by atoms with Crippen molar-refractivity contribution in [3.63, 3.8) is 0 Å². The Morgan fingerprint density at radius 1 is 0.656 bits per heavy atom. The molecule has 0 aromatic heterocycles. The highest BCUT2D eigenvalue weighted by Gasteiger charge is 2.42. The molecule has 2 fully saturated rings. The summed E-state index contributed by atoms with van der Waals surface area (Å²) in [5, 5.41) is 47.9. The van der Waals surface area contributed by atoms with Gasteiger partial charge >= 0.3 is 18.0 Å². The predicted molar refractivity (Wildman–Crippen MR) is 227 cm³/mol. The zero-order chi connectivity index (χ0) is 47.6. The summed E-state index contributed by atoms with van der Waals surface area (Å²) in [5.41, 5.74) is 12.4. The maximum Gasteiger partial charge on any atom is 0.315 e. The van der Waals surface area contributed by atoms with E-state index in [1.807, 2.05) is 11.8 Å². The van der Waals surface area contributed by atoms with Gasteiger partial charge in [0.05, 0.1) is 25.2 Å². The van der Waals surface area contributed by atoms with Crippen molar-refractivity contribution < 1.29 is 68.2 Å². The monoisotopic (exact) mass is 929 g/mol. The van der Waals surface area contributed by atoms with Gasteiger partial charge in [-0.3, -0.25) is 53.2 Å². The molecule has 0 aromatic rings. The van der Waals surface area contributed by atoms with E-state index in [0.717, 1.165) is 18.6 Å². The number of primary amides is 1. The number of fused-ring (bicyclic) bond motifs is 1. The van der Waals surface area contributed by atoms with Crippen molar-refractivity contribution in [1.29, 1.82) is 0 Å². The first-order valence-corrected chi connectivity index (χ1v) is 22.2. The molecule has 1 unspecified atom stereocenters. The molecule has 0 bridgehead atoms. The Morgan fingerprint density at radius 2 is 1.30 bits per heavy atom. The fraction of sp³-hybridized carbons (Fsp3) is 0.711. The number of thioether (sulfide) groups is 1. The molecule has 7 atom stereocenters. The Kier molecular flexibility index (Phi) is 25.1. The number of hydroxylamine groups is 1. The minimum atomic E-state index is -1.59. The van der Waals surface area contributed by atoms with Crippen LogP contribution >= 0.6 is 11.8 Å². The number of nitrogens with one attached hydrogen (secondary N) is 9. The van der Waals surface area contributed by atoms with Crippen LogP contribution in [0.25, 0.3) is 0 Å². The van der Waals surface area contributed by atoms with Gasteiger partial charge in [0.2, 0.25) is 47.3 Å².